The molecule has 0 radical (unpaired) electrons. The lowest BCUT2D eigenvalue weighted by Crippen LogP contribution is -2.42. The molecule has 6 heteroatoms. The summed E-state index contributed by atoms with van der Waals surface area (Å²) in [6.45, 7) is 3.27. The van der Waals surface area contributed by atoms with E-state index in [1.807, 2.05) is 30.3 Å². The molecular weight excluding hydrogens is 308 g/mol. The molecule has 1 saturated heterocycles. The van der Waals surface area contributed by atoms with Gasteiger partial charge in [0.25, 0.3) is 0 Å². The summed E-state index contributed by atoms with van der Waals surface area (Å²) in [4.78, 5) is 24.8. The van der Waals surface area contributed by atoms with Crippen LogP contribution in [0.1, 0.15) is 31.4 Å². The van der Waals surface area contributed by atoms with Crippen molar-refractivity contribution >= 4 is 12.0 Å². The third-order valence-electron chi connectivity index (χ3n) is 4.41. The van der Waals surface area contributed by atoms with Crippen molar-refractivity contribution in [1.29, 1.82) is 0 Å². The van der Waals surface area contributed by atoms with Gasteiger partial charge < -0.3 is 20.1 Å². The van der Waals surface area contributed by atoms with Gasteiger partial charge in [-0.25, -0.2) is 4.79 Å². The van der Waals surface area contributed by atoms with Crippen LogP contribution < -0.4 is 5.32 Å². The fourth-order valence-corrected chi connectivity index (χ4v) is 2.90. The van der Waals surface area contributed by atoms with Gasteiger partial charge in [-0.05, 0) is 24.3 Å². The van der Waals surface area contributed by atoms with Crippen LogP contribution in [0.5, 0.6) is 0 Å². The van der Waals surface area contributed by atoms with E-state index in [-0.39, 0.29) is 18.6 Å². The number of carbonyl (C=O) groups is 2. The molecule has 0 bridgehead atoms. The Bertz CT molecular complexity index is 543. The lowest BCUT2D eigenvalue weighted by atomic mass is 9.94. The molecule has 6 nitrogen and oxygen atoms in total. The van der Waals surface area contributed by atoms with Crippen molar-refractivity contribution in [2.45, 2.75) is 25.8 Å². The Morgan fingerprint density at radius 3 is 2.67 bits per heavy atom. The van der Waals surface area contributed by atoms with Gasteiger partial charge in [0.15, 0.2) is 0 Å². The van der Waals surface area contributed by atoms with E-state index in [9.17, 15) is 9.59 Å². The number of nitrogens with one attached hydrogen (secondary N) is 1. The van der Waals surface area contributed by atoms with E-state index in [2.05, 4.69) is 5.32 Å². The van der Waals surface area contributed by atoms with Gasteiger partial charge in [0.05, 0.1) is 12.0 Å². The van der Waals surface area contributed by atoms with Crippen LogP contribution in [0.25, 0.3) is 0 Å². The fourth-order valence-electron chi connectivity index (χ4n) is 2.90. The number of urea groups is 1. The van der Waals surface area contributed by atoms with Crippen molar-refractivity contribution in [3.8, 4) is 0 Å². The number of benzene rings is 1. The van der Waals surface area contributed by atoms with Crippen molar-refractivity contribution < 1.29 is 19.4 Å². The number of carboxylic acids is 1. The Morgan fingerprint density at radius 2 is 2.08 bits per heavy atom. The highest BCUT2D eigenvalue weighted by Gasteiger charge is 2.25. The number of carboxylic acid groups (broad SMARTS) is 1. The van der Waals surface area contributed by atoms with Gasteiger partial charge in [0.1, 0.15) is 0 Å². The summed E-state index contributed by atoms with van der Waals surface area (Å²) in [6, 6.07) is 9.50. The second-order valence-corrected chi connectivity index (χ2v) is 6.50. The average Bonchev–Trinajstić information content (AvgIpc) is 3.07. The minimum atomic E-state index is -0.905. The molecule has 2 amide bonds. The van der Waals surface area contributed by atoms with Gasteiger partial charge in [-0.2, -0.15) is 0 Å². The fraction of sp³-hybridized carbons (Fsp3) is 0.556. The van der Waals surface area contributed by atoms with Crippen LogP contribution in [0.15, 0.2) is 30.3 Å². The normalized spacial score (nSPS) is 19.5. The zero-order chi connectivity index (χ0) is 17.5. The first-order chi connectivity index (χ1) is 11.5. The number of carbonyl (C=O) groups excluding carboxylic acids is 1. The third kappa shape index (κ3) is 5.23. The molecule has 0 aromatic heterocycles. The van der Waals surface area contributed by atoms with Crippen molar-refractivity contribution in [2.75, 3.05) is 26.8 Å². The molecule has 2 N–H and O–H groups in total. The molecule has 24 heavy (non-hydrogen) atoms. The number of hydrogen-bond donors (Lipinski definition) is 2. The molecule has 1 aliphatic heterocycles. The largest absolute Gasteiger partial charge is 0.481 e. The highest BCUT2D eigenvalue weighted by atomic mass is 16.5. The second kappa shape index (κ2) is 8.68. The van der Waals surface area contributed by atoms with Crippen molar-refractivity contribution in [3.05, 3.63) is 35.9 Å². The van der Waals surface area contributed by atoms with Gasteiger partial charge in [-0.3, -0.25) is 4.79 Å². The Hall–Kier alpha value is -2.08. The van der Waals surface area contributed by atoms with Crippen LogP contribution in [-0.2, 0) is 9.53 Å². The summed E-state index contributed by atoms with van der Waals surface area (Å²) >= 11 is 0. The lowest BCUT2D eigenvalue weighted by molar-refractivity contribution is -0.141. The summed E-state index contributed by atoms with van der Waals surface area (Å²) in [6.07, 6.45) is 1.82. The maximum atomic E-state index is 12.4. The molecule has 1 aromatic rings. The Labute approximate surface area is 142 Å². The monoisotopic (exact) mass is 334 g/mol. The van der Waals surface area contributed by atoms with Crippen molar-refractivity contribution in [2.24, 2.45) is 11.8 Å². The van der Waals surface area contributed by atoms with Gasteiger partial charge in [0, 0.05) is 26.8 Å². The average molecular weight is 334 g/mol. The summed E-state index contributed by atoms with van der Waals surface area (Å²) in [7, 11) is 1.62. The zero-order valence-electron chi connectivity index (χ0n) is 14.3. The highest BCUT2D eigenvalue weighted by Crippen LogP contribution is 2.26. The van der Waals surface area contributed by atoms with E-state index in [1.54, 1.807) is 14.0 Å². The van der Waals surface area contributed by atoms with Crippen LogP contribution in [-0.4, -0.2) is 48.8 Å². The molecular formula is C18H26N2O4. The number of nitrogens with zero attached hydrogens (tertiary/aromatic N) is 1. The molecule has 0 spiro atoms. The van der Waals surface area contributed by atoms with Crippen LogP contribution in [0.4, 0.5) is 4.79 Å². The topological polar surface area (TPSA) is 78.9 Å². The van der Waals surface area contributed by atoms with E-state index in [1.165, 1.54) is 4.90 Å². The van der Waals surface area contributed by atoms with Gasteiger partial charge >= 0.3 is 12.0 Å². The maximum Gasteiger partial charge on any atom is 0.317 e. The lowest BCUT2D eigenvalue weighted by Gasteiger charge is -2.26. The summed E-state index contributed by atoms with van der Waals surface area (Å²) in [5, 5.41) is 12.0. The molecule has 1 aromatic carbocycles. The SMILES string of the molecule is CC(CN(C)C(=O)NC(CC1CCOC1)c1ccccc1)C(=O)O. The maximum absolute atomic E-state index is 12.4. The minimum absolute atomic E-state index is 0.104. The Balaban J connectivity index is 2.01. The Kier molecular flexibility index (Phi) is 6.61. The number of amides is 2. The Morgan fingerprint density at radius 1 is 1.38 bits per heavy atom. The van der Waals surface area contributed by atoms with Crippen LogP contribution in [0.3, 0.4) is 0 Å². The van der Waals surface area contributed by atoms with Crippen LogP contribution in [0, 0.1) is 11.8 Å². The number of aliphatic carboxylic acids is 1. The van der Waals surface area contributed by atoms with Crippen molar-refractivity contribution in [1.82, 2.24) is 10.2 Å². The predicted molar refractivity (Wildman–Crippen MR) is 90.7 cm³/mol. The number of hydrogen-bond acceptors (Lipinski definition) is 3. The van der Waals surface area contributed by atoms with E-state index < -0.39 is 11.9 Å². The summed E-state index contributed by atoms with van der Waals surface area (Å²) in [5.74, 6) is -1.07. The van der Waals surface area contributed by atoms with E-state index in [4.69, 9.17) is 9.84 Å². The smallest absolute Gasteiger partial charge is 0.317 e. The minimum Gasteiger partial charge on any atom is -0.481 e. The van der Waals surface area contributed by atoms with E-state index in [0.717, 1.165) is 31.6 Å². The van der Waals surface area contributed by atoms with Gasteiger partial charge in [-0.15, -0.1) is 0 Å². The third-order valence-corrected chi connectivity index (χ3v) is 4.41. The van der Waals surface area contributed by atoms with Gasteiger partial charge in [0.2, 0.25) is 0 Å². The molecule has 132 valence electrons. The molecule has 3 atom stereocenters. The number of ether oxygens (including phenoxy) is 1. The zero-order valence-corrected chi connectivity index (χ0v) is 14.3. The molecule has 1 aliphatic rings. The molecule has 1 fully saturated rings. The quantitative estimate of drug-likeness (QED) is 0.803. The molecule has 0 aliphatic carbocycles. The second-order valence-electron chi connectivity index (χ2n) is 6.50. The van der Waals surface area contributed by atoms with E-state index in [0.29, 0.717) is 5.92 Å². The molecule has 0 saturated carbocycles. The van der Waals surface area contributed by atoms with Crippen molar-refractivity contribution in [3.63, 3.8) is 0 Å². The predicted octanol–water partition coefficient (Wildman–Crippen LogP) is 2.52. The first-order valence-corrected chi connectivity index (χ1v) is 8.34. The number of rotatable bonds is 7. The molecule has 3 unspecified atom stereocenters. The summed E-state index contributed by atoms with van der Waals surface area (Å²) in [5.41, 5.74) is 1.05. The van der Waals surface area contributed by atoms with Gasteiger partial charge in [-0.1, -0.05) is 37.3 Å². The molecule has 1 heterocycles. The van der Waals surface area contributed by atoms with Crippen LogP contribution in [0.2, 0.25) is 0 Å². The van der Waals surface area contributed by atoms with E-state index >= 15 is 0 Å². The molecule has 2 rings (SSSR count). The summed E-state index contributed by atoms with van der Waals surface area (Å²) < 4.78 is 5.44. The first kappa shape index (κ1) is 18.3. The standard InChI is InChI=1S/C18H26N2O4/c1-13(17(21)22)11-20(2)18(23)19-16(10-14-8-9-24-12-14)15-6-4-3-5-7-15/h3-7,13-14,16H,8-12H2,1-2H3,(H,19,23)(H,21,22). The van der Waals surface area contributed by atoms with Crippen LogP contribution >= 0.6 is 0 Å². The highest BCUT2D eigenvalue weighted by molar-refractivity contribution is 5.76. The first-order valence-electron chi connectivity index (χ1n) is 8.34.